The van der Waals surface area contributed by atoms with E-state index in [1.54, 1.807) is 0 Å². The molecule has 0 N–H and O–H groups in total. The van der Waals surface area contributed by atoms with Crippen LogP contribution in [-0.2, 0) is 19.0 Å². The molecule has 5 rings (SSSR count). The van der Waals surface area contributed by atoms with Gasteiger partial charge in [0.1, 0.15) is 5.60 Å². The Morgan fingerprint density at radius 1 is 1.17 bits per heavy atom. The normalized spacial score (nSPS) is 44.0. The quantitative estimate of drug-likeness (QED) is 0.706. The molecule has 4 heteroatoms. The van der Waals surface area contributed by atoms with Gasteiger partial charge < -0.3 is 14.2 Å². The third kappa shape index (κ3) is 2.90. The van der Waals surface area contributed by atoms with Crippen molar-refractivity contribution in [1.82, 2.24) is 0 Å². The third-order valence-corrected chi connectivity index (χ3v) is 6.97. The molecule has 136 valence electrons. The number of hydrogen-bond donors (Lipinski definition) is 0. The van der Waals surface area contributed by atoms with Crippen molar-refractivity contribution in [2.24, 2.45) is 17.3 Å². The lowest BCUT2D eigenvalue weighted by atomic mass is 9.52. The van der Waals surface area contributed by atoms with Crippen molar-refractivity contribution in [3.8, 4) is 0 Å². The van der Waals surface area contributed by atoms with Crippen molar-refractivity contribution in [3.05, 3.63) is 0 Å². The van der Waals surface area contributed by atoms with Crippen molar-refractivity contribution in [2.45, 2.75) is 96.1 Å². The maximum atomic E-state index is 12.7. The van der Waals surface area contributed by atoms with Crippen molar-refractivity contribution < 1.29 is 19.0 Å². The van der Waals surface area contributed by atoms with Crippen LogP contribution in [0.25, 0.3) is 0 Å². The highest BCUT2D eigenvalue weighted by atomic mass is 16.7. The molecule has 0 aromatic rings. The second kappa shape index (κ2) is 5.70. The molecule has 0 spiro atoms. The van der Waals surface area contributed by atoms with Crippen LogP contribution in [0.2, 0.25) is 0 Å². The summed E-state index contributed by atoms with van der Waals surface area (Å²) >= 11 is 0. The van der Waals surface area contributed by atoms with Gasteiger partial charge in [-0.15, -0.1) is 0 Å². The highest BCUT2D eigenvalue weighted by Crippen LogP contribution is 2.61. The first-order chi connectivity index (χ1) is 11.3. The Labute approximate surface area is 145 Å². The van der Waals surface area contributed by atoms with Crippen molar-refractivity contribution in [1.29, 1.82) is 0 Å². The topological polar surface area (TPSA) is 44.8 Å². The second-order valence-corrected chi connectivity index (χ2v) is 9.51. The molecule has 0 radical (unpaired) electrons. The Balaban J connectivity index is 1.53. The van der Waals surface area contributed by atoms with Gasteiger partial charge in [-0.05, 0) is 70.6 Å². The van der Waals surface area contributed by atoms with Crippen LogP contribution in [0.5, 0.6) is 0 Å². The third-order valence-electron chi connectivity index (χ3n) is 6.97. The molecule has 4 nitrogen and oxygen atoms in total. The Bertz CT molecular complexity index is 492. The highest BCUT2D eigenvalue weighted by Gasteiger charge is 2.61. The molecule has 3 unspecified atom stereocenters. The zero-order valence-electron chi connectivity index (χ0n) is 15.4. The standard InChI is InChI=1S/C20H32O4/c1-4-18(2,3)17(21)24-20-11-14-8-15(12-20)10-19(9-14,13-20)23-16-6-5-7-22-16/h14-16H,4-13H2,1-3H3. The Hall–Kier alpha value is -0.610. The fourth-order valence-corrected chi connectivity index (χ4v) is 5.75. The predicted octanol–water partition coefficient (Wildman–Crippen LogP) is 4.21. The van der Waals surface area contributed by atoms with E-state index in [1.165, 1.54) is 6.42 Å². The molecule has 4 saturated carbocycles. The summed E-state index contributed by atoms with van der Waals surface area (Å²) in [5, 5.41) is 0. The van der Waals surface area contributed by atoms with Crippen LogP contribution in [0.15, 0.2) is 0 Å². The summed E-state index contributed by atoms with van der Waals surface area (Å²) in [6, 6.07) is 0. The van der Waals surface area contributed by atoms with Crippen LogP contribution in [-0.4, -0.2) is 30.1 Å². The van der Waals surface area contributed by atoms with Crippen molar-refractivity contribution in [2.75, 3.05) is 6.61 Å². The van der Waals surface area contributed by atoms with Crippen LogP contribution < -0.4 is 0 Å². The fraction of sp³-hybridized carbons (Fsp3) is 0.950. The van der Waals surface area contributed by atoms with E-state index in [0.717, 1.165) is 58.0 Å². The smallest absolute Gasteiger partial charge is 0.312 e. The summed E-state index contributed by atoms with van der Waals surface area (Å²) in [6.45, 7) is 6.87. The molecule has 0 aromatic carbocycles. The predicted molar refractivity (Wildman–Crippen MR) is 90.4 cm³/mol. The monoisotopic (exact) mass is 336 g/mol. The summed E-state index contributed by atoms with van der Waals surface area (Å²) in [7, 11) is 0. The first kappa shape index (κ1) is 16.8. The Morgan fingerprint density at radius 2 is 1.83 bits per heavy atom. The minimum Gasteiger partial charge on any atom is -0.459 e. The van der Waals surface area contributed by atoms with E-state index in [9.17, 15) is 4.79 Å². The average molecular weight is 336 g/mol. The Morgan fingerprint density at radius 3 is 2.42 bits per heavy atom. The lowest BCUT2D eigenvalue weighted by Crippen LogP contribution is -2.62. The molecule has 1 saturated heterocycles. The minimum atomic E-state index is -0.397. The van der Waals surface area contributed by atoms with Crippen molar-refractivity contribution in [3.63, 3.8) is 0 Å². The maximum absolute atomic E-state index is 12.7. The summed E-state index contributed by atoms with van der Waals surface area (Å²) < 4.78 is 18.5. The number of esters is 1. The number of carbonyl (C=O) groups is 1. The van der Waals surface area contributed by atoms with Gasteiger partial charge in [-0.1, -0.05) is 6.92 Å². The zero-order valence-corrected chi connectivity index (χ0v) is 15.4. The van der Waals surface area contributed by atoms with Gasteiger partial charge in [0.2, 0.25) is 0 Å². The highest BCUT2D eigenvalue weighted by molar-refractivity contribution is 5.76. The molecule has 5 aliphatic rings. The van der Waals surface area contributed by atoms with E-state index in [4.69, 9.17) is 14.2 Å². The van der Waals surface area contributed by atoms with Crippen LogP contribution in [0.3, 0.4) is 0 Å². The first-order valence-corrected chi connectivity index (χ1v) is 9.87. The van der Waals surface area contributed by atoms with Gasteiger partial charge in [0.05, 0.1) is 11.0 Å². The van der Waals surface area contributed by atoms with Crippen LogP contribution in [0, 0.1) is 17.3 Å². The Kier molecular flexibility index (Phi) is 4.00. The molecule has 5 fully saturated rings. The lowest BCUT2D eigenvalue weighted by molar-refractivity contribution is -0.276. The molecule has 0 aromatic heterocycles. The van der Waals surface area contributed by atoms with E-state index in [1.807, 2.05) is 13.8 Å². The van der Waals surface area contributed by atoms with E-state index in [-0.39, 0.29) is 23.5 Å². The molecule has 1 heterocycles. The van der Waals surface area contributed by atoms with Crippen LogP contribution >= 0.6 is 0 Å². The lowest BCUT2D eigenvalue weighted by Gasteiger charge is -2.61. The summed E-state index contributed by atoms with van der Waals surface area (Å²) in [5.41, 5.74) is -0.798. The van der Waals surface area contributed by atoms with E-state index >= 15 is 0 Å². The minimum absolute atomic E-state index is 0.0285. The van der Waals surface area contributed by atoms with Gasteiger partial charge in [-0.25, -0.2) is 0 Å². The molecule has 3 atom stereocenters. The summed E-state index contributed by atoms with van der Waals surface area (Å²) in [6.07, 6.45) is 9.35. The van der Waals surface area contributed by atoms with Crippen LogP contribution in [0.1, 0.15) is 78.6 Å². The summed E-state index contributed by atoms with van der Waals surface area (Å²) in [4.78, 5) is 12.7. The molecular weight excluding hydrogens is 304 g/mol. The second-order valence-electron chi connectivity index (χ2n) is 9.51. The summed E-state index contributed by atoms with van der Waals surface area (Å²) in [5.74, 6) is 1.26. The molecule has 4 aliphatic carbocycles. The largest absolute Gasteiger partial charge is 0.459 e. The maximum Gasteiger partial charge on any atom is 0.312 e. The first-order valence-electron chi connectivity index (χ1n) is 9.87. The number of ether oxygens (including phenoxy) is 3. The van der Waals surface area contributed by atoms with Gasteiger partial charge in [0, 0.05) is 19.4 Å². The average Bonchev–Trinajstić information content (AvgIpc) is 2.97. The number of hydrogen-bond acceptors (Lipinski definition) is 4. The fourth-order valence-electron chi connectivity index (χ4n) is 5.75. The van der Waals surface area contributed by atoms with E-state index < -0.39 is 5.41 Å². The van der Waals surface area contributed by atoms with Crippen LogP contribution in [0.4, 0.5) is 0 Å². The molecule has 4 bridgehead atoms. The van der Waals surface area contributed by atoms with Gasteiger partial charge >= 0.3 is 5.97 Å². The van der Waals surface area contributed by atoms with Gasteiger partial charge in [-0.2, -0.15) is 0 Å². The molecule has 24 heavy (non-hydrogen) atoms. The molecular formula is C20H32O4. The van der Waals surface area contributed by atoms with E-state index in [0.29, 0.717) is 11.8 Å². The zero-order chi connectivity index (χ0) is 17.0. The number of rotatable bonds is 5. The van der Waals surface area contributed by atoms with E-state index in [2.05, 4.69) is 6.92 Å². The molecule has 1 aliphatic heterocycles. The van der Waals surface area contributed by atoms with Gasteiger partial charge in [0.25, 0.3) is 0 Å². The molecule has 0 amide bonds. The van der Waals surface area contributed by atoms with Gasteiger partial charge in [0.15, 0.2) is 6.29 Å². The number of carbonyl (C=O) groups excluding carboxylic acids is 1. The SMILES string of the molecule is CCC(C)(C)C(=O)OC12CC3CC(C1)CC(OC1CCCO1)(C3)C2. The van der Waals surface area contributed by atoms with Gasteiger partial charge in [-0.3, -0.25) is 4.79 Å². The van der Waals surface area contributed by atoms with Crippen molar-refractivity contribution >= 4 is 5.97 Å².